The van der Waals surface area contributed by atoms with E-state index in [1.165, 1.54) is 11.0 Å². The Balaban J connectivity index is 2.30. The number of rotatable bonds is 8. The molecule has 1 aliphatic rings. The number of nitrogens with two attached hydrogens (primary N) is 1. The van der Waals surface area contributed by atoms with E-state index in [1.807, 2.05) is 0 Å². The van der Waals surface area contributed by atoms with Crippen molar-refractivity contribution in [3.05, 3.63) is 29.3 Å². The largest absolute Gasteiger partial charge is 0.369 e. The van der Waals surface area contributed by atoms with E-state index in [9.17, 15) is 19.2 Å². The van der Waals surface area contributed by atoms with Gasteiger partial charge in [-0.3, -0.25) is 19.2 Å². The first-order chi connectivity index (χ1) is 12.9. The van der Waals surface area contributed by atoms with Crippen LogP contribution in [0.15, 0.2) is 18.2 Å². The highest BCUT2D eigenvalue weighted by Crippen LogP contribution is 2.26. The summed E-state index contributed by atoms with van der Waals surface area (Å²) in [5.41, 5.74) is 6.37. The molecule has 8 nitrogen and oxygen atoms in total. The van der Waals surface area contributed by atoms with E-state index in [0.29, 0.717) is 38.0 Å². The van der Waals surface area contributed by atoms with E-state index in [-0.39, 0.29) is 34.9 Å². The molecule has 2 rings (SSSR count). The number of anilines is 1. The summed E-state index contributed by atoms with van der Waals surface area (Å²) in [6.07, 6.45) is 2.82. The van der Waals surface area contributed by atoms with Crippen LogP contribution in [0.4, 0.5) is 5.69 Å². The van der Waals surface area contributed by atoms with Gasteiger partial charge >= 0.3 is 0 Å². The number of amides is 4. The van der Waals surface area contributed by atoms with Gasteiger partial charge in [-0.15, -0.1) is 0 Å². The average molecular weight is 374 g/mol. The van der Waals surface area contributed by atoms with Gasteiger partial charge in [0, 0.05) is 24.7 Å². The summed E-state index contributed by atoms with van der Waals surface area (Å²) in [7, 11) is 0. The molecule has 4 amide bonds. The molecule has 1 fully saturated rings. The Morgan fingerprint density at radius 2 is 1.96 bits per heavy atom. The van der Waals surface area contributed by atoms with Crippen molar-refractivity contribution in [3.8, 4) is 0 Å². The van der Waals surface area contributed by atoms with Crippen LogP contribution in [0.25, 0.3) is 0 Å². The summed E-state index contributed by atoms with van der Waals surface area (Å²) in [4.78, 5) is 49.3. The molecule has 4 N–H and O–H groups in total. The highest BCUT2D eigenvalue weighted by atomic mass is 16.2. The predicted molar refractivity (Wildman–Crippen MR) is 101 cm³/mol. The first-order valence-electron chi connectivity index (χ1n) is 9.17. The van der Waals surface area contributed by atoms with Gasteiger partial charge < -0.3 is 21.3 Å². The van der Waals surface area contributed by atoms with Crippen LogP contribution in [0.5, 0.6) is 0 Å². The van der Waals surface area contributed by atoms with Gasteiger partial charge in [-0.1, -0.05) is 6.42 Å². The fraction of sp³-hybridized carbons (Fsp3) is 0.474. The van der Waals surface area contributed by atoms with Crippen molar-refractivity contribution in [3.63, 3.8) is 0 Å². The number of carbonyl (C=O) groups excluding carboxylic acids is 4. The second-order valence-corrected chi connectivity index (χ2v) is 6.50. The van der Waals surface area contributed by atoms with Crippen molar-refractivity contribution in [2.75, 3.05) is 18.0 Å². The quantitative estimate of drug-likeness (QED) is 0.583. The van der Waals surface area contributed by atoms with Gasteiger partial charge in [-0.05, 0) is 44.9 Å². The van der Waals surface area contributed by atoms with Crippen molar-refractivity contribution in [2.45, 2.75) is 39.2 Å². The third-order valence-electron chi connectivity index (χ3n) is 4.82. The lowest BCUT2D eigenvalue weighted by Crippen LogP contribution is -2.42. The van der Waals surface area contributed by atoms with E-state index < -0.39 is 5.91 Å². The van der Waals surface area contributed by atoms with E-state index in [1.54, 1.807) is 26.0 Å². The van der Waals surface area contributed by atoms with Crippen LogP contribution < -0.4 is 21.3 Å². The lowest BCUT2D eigenvalue weighted by Gasteiger charge is -2.21. The Kier molecular flexibility index (Phi) is 6.92. The molecular formula is C19H26N4O4. The van der Waals surface area contributed by atoms with Gasteiger partial charge in [0.25, 0.3) is 11.8 Å². The number of carbonyl (C=O) groups is 4. The smallest absolute Gasteiger partial charge is 0.253 e. The van der Waals surface area contributed by atoms with Gasteiger partial charge in [0.1, 0.15) is 0 Å². The Morgan fingerprint density at radius 1 is 1.22 bits per heavy atom. The summed E-state index contributed by atoms with van der Waals surface area (Å²) >= 11 is 0. The molecule has 1 aromatic carbocycles. The lowest BCUT2D eigenvalue weighted by atomic mass is 10.0. The Hall–Kier alpha value is -2.90. The number of hydrogen-bond acceptors (Lipinski definition) is 4. The van der Waals surface area contributed by atoms with Crippen LogP contribution in [0.2, 0.25) is 0 Å². The van der Waals surface area contributed by atoms with Crippen LogP contribution >= 0.6 is 0 Å². The fourth-order valence-electron chi connectivity index (χ4n) is 3.39. The topological polar surface area (TPSA) is 122 Å². The summed E-state index contributed by atoms with van der Waals surface area (Å²) in [6, 6.07) is 4.31. The third-order valence-corrected chi connectivity index (χ3v) is 4.82. The van der Waals surface area contributed by atoms with Crippen molar-refractivity contribution in [1.82, 2.24) is 10.6 Å². The zero-order valence-corrected chi connectivity index (χ0v) is 15.7. The Morgan fingerprint density at radius 3 is 2.56 bits per heavy atom. The van der Waals surface area contributed by atoms with Gasteiger partial charge in [-0.25, -0.2) is 0 Å². The van der Waals surface area contributed by atoms with E-state index in [0.717, 1.165) is 6.42 Å². The average Bonchev–Trinajstić information content (AvgIpc) is 3.11. The molecule has 0 spiro atoms. The molecule has 0 radical (unpaired) electrons. The highest BCUT2D eigenvalue weighted by Gasteiger charge is 2.33. The van der Waals surface area contributed by atoms with Crippen molar-refractivity contribution >= 4 is 29.8 Å². The predicted octanol–water partition coefficient (Wildman–Crippen LogP) is 0.803. The van der Waals surface area contributed by atoms with Crippen LogP contribution in [-0.2, 0) is 9.59 Å². The number of hydrogen-bond donors (Lipinski definition) is 3. The third kappa shape index (κ3) is 4.64. The van der Waals surface area contributed by atoms with Crippen LogP contribution in [0.1, 0.15) is 53.8 Å². The maximum atomic E-state index is 12.6. The number of primary amides is 1. The second kappa shape index (κ2) is 9.16. The van der Waals surface area contributed by atoms with Crippen LogP contribution in [-0.4, -0.2) is 43.3 Å². The molecule has 0 bridgehead atoms. The minimum absolute atomic E-state index is 0.247. The Labute approximate surface area is 158 Å². The molecule has 1 aromatic rings. The van der Waals surface area contributed by atoms with E-state index in [4.69, 9.17) is 5.73 Å². The molecule has 0 heterocycles. The monoisotopic (exact) mass is 374 g/mol. The molecule has 8 heteroatoms. The molecule has 0 aromatic heterocycles. The zero-order chi connectivity index (χ0) is 20.0. The molecule has 2 atom stereocenters. The van der Waals surface area contributed by atoms with Crippen LogP contribution in [0.3, 0.4) is 0 Å². The first-order valence-corrected chi connectivity index (χ1v) is 9.17. The summed E-state index contributed by atoms with van der Waals surface area (Å²) in [5, 5.41) is 5.54. The van der Waals surface area contributed by atoms with Gasteiger partial charge in [0.05, 0.1) is 17.2 Å². The molecular weight excluding hydrogens is 348 g/mol. The van der Waals surface area contributed by atoms with Gasteiger partial charge in [0.15, 0.2) is 0 Å². The maximum Gasteiger partial charge on any atom is 0.253 e. The number of nitrogens with zero attached hydrogens (tertiary/aromatic N) is 1. The number of nitrogens with one attached hydrogen (secondary N) is 2. The summed E-state index contributed by atoms with van der Waals surface area (Å²) < 4.78 is 0. The first kappa shape index (κ1) is 20.4. The lowest BCUT2D eigenvalue weighted by molar-refractivity contribution is -0.122. The standard InChI is InChI=1S/C19H26N4O4/c1-3-21-19(27)14-10-12(8-9-16(14)23(4-2)11-24)18(26)22-15-7-5-6-13(15)17(20)25/h8-11,13,15H,3-7H2,1-2H3,(H2,20,25)(H,21,27)(H,22,26)/t13-,15+/m1/s1. The van der Waals surface area contributed by atoms with Crippen molar-refractivity contribution in [2.24, 2.45) is 11.7 Å². The summed E-state index contributed by atoms with van der Waals surface area (Å²) in [5.74, 6) is -1.53. The minimum Gasteiger partial charge on any atom is -0.369 e. The molecule has 146 valence electrons. The highest BCUT2D eigenvalue weighted by molar-refractivity contribution is 6.05. The molecule has 0 unspecified atom stereocenters. The Bertz CT molecular complexity index is 734. The summed E-state index contributed by atoms with van der Waals surface area (Å²) in [6.45, 7) is 4.39. The molecule has 1 aliphatic carbocycles. The van der Waals surface area contributed by atoms with Gasteiger partial charge in [0.2, 0.25) is 12.3 Å². The molecule has 27 heavy (non-hydrogen) atoms. The van der Waals surface area contributed by atoms with E-state index >= 15 is 0 Å². The number of benzene rings is 1. The SMILES string of the molecule is CCNC(=O)c1cc(C(=O)N[C@H]2CCC[C@H]2C(N)=O)ccc1N(C=O)CC. The van der Waals surface area contributed by atoms with Crippen molar-refractivity contribution < 1.29 is 19.2 Å². The molecule has 1 saturated carbocycles. The maximum absolute atomic E-state index is 12.6. The fourth-order valence-corrected chi connectivity index (χ4v) is 3.39. The molecule has 0 aliphatic heterocycles. The molecule has 0 saturated heterocycles. The van der Waals surface area contributed by atoms with Crippen LogP contribution in [0, 0.1) is 5.92 Å². The van der Waals surface area contributed by atoms with Crippen molar-refractivity contribution in [1.29, 1.82) is 0 Å². The second-order valence-electron chi connectivity index (χ2n) is 6.50. The minimum atomic E-state index is -0.416. The van der Waals surface area contributed by atoms with Gasteiger partial charge in [-0.2, -0.15) is 0 Å². The van der Waals surface area contributed by atoms with E-state index in [2.05, 4.69) is 10.6 Å². The normalized spacial score (nSPS) is 18.6. The zero-order valence-electron chi connectivity index (χ0n) is 15.7.